The summed E-state index contributed by atoms with van der Waals surface area (Å²) in [5, 5.41) is 5.53. The first kappa shape index (κ1) is 15.9. The quantitative estimate of drug-likeness (QED) is 0.673. The minimum absolute atomic E-state index is 0.0468. The van der Waals surface area contributed by atoms with E-state index in [1.54, 1.807) is 10.7 Å². The SMILES string of the molecule is Cc1ccc2oc(=O)c3cnn(CC(=O)N4CCC[C@@H](C)C4)c3c2c1. The number of hydrogen-bond acceptors (Lipinski definition) is 4. The molecule has 1 amide bonds. The van der Waals surface area contributed by atoms with E-state index in [-0.39, 0.29) is 12.5 Å². The Morgan fingerprint density at radius 2 is 2.20 bits per heavy atom. The van der Waals surface area contributed by atoms with Crippen LogP contribution in [0.3, 0.4) is 0 Å². The molecular weight excluding hydrogens is 318 g/mol. The first-order valence-electron chi connectivity index (χ1n) is 8.69. The predicted molar refractivity (Wildman–Crippen MR) is 95.5 cm³/mol. The van der Waals surface area contributed by atoms with Crippen molar-refractivity contribution in [3.63, 3.8) is 0 Å². The Hall–Kier alpha value is -2.63. The van der Waals surface area contributed by atoms with Crippen LogP contribution in [-0.4, -0.2) is 33.7 Å². The van der Waals surface area contributed by atoms with Gasteiger partial charge in [-0.05, 0) is 37.8 Å². The van der Waals surface area contributed by atoms with Crippen LogP contribution in [0.15, 0.2) is 33.6 Å². The zero-order valence-electron chi connectivity index (χ0n) is 14.5. The number of likely N-dealkylation sites (tertiary alicyclic amines) is 1. The molecule has 0 N–H and O–H groups in total. The summed E-state index contributed by atoms with van der Waals surface area (Å²) in [5.41, 5.74) is 1.83. The number of aromatic nitrogens is 2. The molecule has 6 heteroatoms. The van der Waals surface area contributed by atoms with E-state index in [2.05, 4.69) is 12.0 Å². The monoisotopic (exact) mass is 339 g/mol. The number of piperidine rings is 1. The lowest BCUT2D eigenvalue weighted by Gasteiger charge is -2.31. The zero-order chi connectivity index (χ0) is 17.6. The summed E-state index contributed by atoms with van der Waals surface area (Å²) in [5.74, 6) is 0.577. The Morgan fingerprint density at radius 1 is 1.36 bits per heavy atom. The second kappa shape index (κ2) is 6.02. The molecule has 0 spiro atoms. The normalized spacial score (nSPS) is 18.2. The molecule has 130 valence electrons. The summed E-state index contributed by atoms with van der Waals surface area (Å²) in [6.45, 7) is 5.88. The Kier molecular flexibility index (Phi) is 3.82. The fraction of sp³-hybridized carbons (Fsp3) is 0.421. The van der Waals surface area contributed by atoms with Gasteiger partial charge in [0, 0.05) is 18.5 Å². The van der Waals surface area contributed by atoms with Crippen LogP contribution in [0.2, 0.25) is 0 Å². The van der Waals surface area contributed by atoms with Crippen LogP contribution in [0.4, 0.5) is 0 Å². The van der Waals surface area contributed by atoms with E-state index in [0.29, 0.717) is 22.4 Å². The number of benzene rings is 1. The lowest BCUT2D eigenvalue weighted by Crippen LogP contribution is -2.41. The summed E-state index contributed by atoms with van der Waals surface area (Å²) >= 11 is 0. The molecule has 1 fully saturated rings. The standard InChI is InChI=1S/C19H21N3O3/c1-12-5-6-16-14(8-12)18-15(19(24)25-16)9-20-22(18)11-17(23)21-7-3-4-13(2)10-21/h5-6,8-9,13H,3-4,7,10-11H2,1-2H3/t13-/m1/s1. The Labute approximate surface area is 145 Å². The highest BCUT2D eigenvalue weighted by Gasteiger charge is 2.22. The number of amides is 1. The molecule has 1 saturated heterocycles. The van der Waals surface area contributed by atoms with E-state index in [1.807, 2.05) is 24.0 Å². The first-order valence-corrected chi connectivity index (χ1v) is 8.69. The maximum atomic E-state index is 12.7. The molecule has 0 bridgehead atoms. The topological polar surface area (TPSA) is 68.3 Å². The van der Waals surface area contributed by atoms with Crippen molar-refractivity contribution < 1.29 is 9.21 Å². The van der Waals surface area contributed by atoms with Gasteiger partial charge in [0.15, 0.2) is 0 Å². The van der Waals surface area contributed by atoms with Gasteiger partial charge in [-0.15, -0.1) is 0 Å². The average molecular weight is 339 g/mol. The average Bonchev–Trinajstić information content (AvgIpc) is 3.00. The predicted octanol–water partition coefficient (Wildman–Crippen LogP) is 2.71. The van der Waals surface area contributed by atoms with Crippen molar-refractivity contribution in [1.29, 1.82) is 0 Å². The molecule has 25 heavy (non-hydrogen) atoms. The van der Waals surface area contributed by atoms with Crippen LogP contribution >= 0.6 is 0 Å². The summed E-state index contributed by atoms with van der Waals surface area (Å²) in [6, 6.07) is 5.65. The van der Waals surface area contributed by atoms with Gasteiger partial charge in [0.2, 0.25) is 5.91 Å². The number of hydrogen-bond donors (Lipinski definition) is 0. The van der Waals surface area contributed by atoms with Crippen molar-refractivity contribution >= 4 is 27.8 Å². The molecular formula is C19H21N3O3. The van der Waals surface area contributed by atoms with E-state index >= 15 is 0 Å². The minimum atomic E-state index is -0.420. The van der Waals surface area contributed by atoms with E-state index < -0.39 is 5.63 Å². The van der Waals surface area contributed by atoms with Gasteiger partial charge >= 0.3 is 5.63 Å². The smallest absolute Gasteiger partial charge is 0.347 e. The van der Waals surface area contributed by atoms with Gasteiger partial charge in [-0.25, -0.2) is 4.79 Å². The summed E-state index contributed by atoms with van der Waals surface area (Å²) < 4.78 is 7.01. The van der Waals surface area contributed by atoms with Crippen molar-refractivity contribution in [2.24, 2.45) is 5.92 Å². The first-order chi connectivity index (χ1) is 12.0. The molecule has 6 nitrogen and oxygen atoms in total. The number of aryl methyl sites for hydroxylation is 1. The molecule has 0 saturated carbocycles. The summed E-state index contributed by atoms with van der Waals surface area (Å²) in [6.07, 6.45) is 3.70. The second-order valence-corrected chi connectivity index (χ2v) is 7.04. The van der Waals surface area contributed by atoms with Crippen molar-refractivity contribution in [3.05, 3.63) is 40.4 Å². The highest BCUT2D eigenvalue weighted by Crippen LogP contribution is 2.24. The second-order valence-electron chi connectivity index (χ2n) is 7.04. The highest BCUT2D eigenvalue weighted by atomic mass is 16.4. The molecule has 3 aromatic rings. The van der Waals surface area contributed by atoms with Gasteiger partial charge < -0.3 is 9.32 Å². The molecule has 1 aliphatic heterocycles. The number of carbonyl (C=O) groups excluding carboxylic acids is 1. The Bertz CT molecular complexity index is 1020. The molecule has 1 atom stereocenters. The van der Waals surface area contributed by atoms with Gasteiger partial charge in [0.1, 0.15) is 17.5 Å². The molecule has 0 unspecified atom stereocenters. The number of rotatable bonds is 2. The largest absolute Gasteiger partial charge is 0.422 e. The van der Waals surface area contributed by atoms with Gasteiger partial charge in [0.05, 0.1) is 11.7 Å². The van der Waals surface area contributed by atoms with Crippen molar-refractivity contribution in [3.8, 4) is 0 Å². The van der Waals surface area contributed by atoms with Gasteiger partial charge in [-0.2, -0.15) is 5.10 Å². The van der Waals surface area contributed by atoms with Crippen LogP contribution in [0.5, 0.6) is 0 Å². The fourth-order valence-electron chi connectivity index (χ4n) is 3.66. The van der Waals surface area contributed by atoms with E-state index in [4.69, 9.17) is 4.42 Å². The van der Waals surface area contributed by atoms with Crippen molar-refractivity contribution in [2.75, 3.05) is 13.1 Å². The van der Waals surface area contributed by atoms with Crippen molar-refractivity contribution in [1.82, 2.24) is 14.7 Å². The maximum Gasteiger partial charge on any atom is 0.347 e. The van der Waals surface area contributed by atoms with Crippen LogP contribution in [0, 0.1) is 12.8 Å². The lowest BCUT2D eigenvalue weighted by molar-refractivity contribution is -0.133. The van der Waals surface area contributed by atoms with Crippen molar-refractivity contribution in [2.45, 2.75) is 33.2 Å². The molecule has 2 aromatic heterocycles. The molecule has 0 aliphatic carbocycles. The maximum absolute atomic E-state index is 12.7. The summed E-state index contributed by atoms with van der Waals surface area (Å²) in [7, 11) is 0. The number of carbonyl (C=O) groups is 1. The lowest BCUT2D eigenvalue weighted by atomic mass is 10.0. The third-order valence-electron chi connectivity index (χ3n) is 4.95. The van der Waals surface area contributed by atoms with E-state index in [1.165, 1.54) is 12.6 Å². The van der Waals surface area contributed by atoms with Crippen LogP contribution in [0.1, 0.15) is 25.3 Å². The number of nitrogens with zero attached hydrogens (tertiary/aromatic N) is 3. The molecule has 0 radical (unpaired) electrons. The molecule has 1 aliphatic rings. The van der Waals surface area contributed by atoms with Crippen LogP contribution < -0.4 is 5.63 Å². The highest BCUT2D eigenvalue weighted by molar-refractivity contribution is 6.02. The molecule has 3 heterocycles. The van der Waals surface area contributed by atoms with Crippen LogP contribution in [-0.2, 0) is 11.3 Å². The van der Waals surface area contributed by atoms with Gasteiger partial charge in [-0.3, -0.25) is 9.48 Å². The van der Waals surface area contributed by atoms with E-state index in [9.17, 15) is 9.59 Å². The minimum Gasteiger partial charge on any atom is -0.422 e. The van der Waals surface area contributed by atoms with Crippen LogP contribution in [0.25, 0.3) is 21.9 Å². The molecule has 4 rings (SSSR count). The molecule has 1 aromatic carbocycles. The number of fused-ring (bicyclic) bond motifs is 3. The Balaban J connectivity index is 1.77. The summed E-state index contributed by atoms with van der Waals surface area (Å²) in [4.78, 5) is 26.8. The van der Waals surface area contributed by atoms with Gasteiger partial charge in [-0.1, -0.05) is 18.6 Å². The zero-order valence-corrected chi connectivity index (χ0v) is 14.5. The third-order valence-corrected chi connectivity index (χ3v) is 4.95. The Morgan fingerprint density at radius 3 is 3.00 bits per heavy atom. The van der Waals surface area contributed by atoms with Gasteiger partial charge in [0.25, 0.3) is 0 Å². The third kappa shape index (κ3) is 2.81. The van der Waals surface area contributed by atoms with E-state index in [0.717, 1.165) is 30.5 Å². The fourth-order valence-corrected chi connectivity index (χ4v) is 3.66.